The molecule has 0 aliphatic carbocycles. The first-order valence-corrected chi connectivity index (χ1v) is 4.37. The number of aryl methyl sites for hydroxylation is 1. The van der Waals surface area contributed by atoms with Gasteiger partial charge in [-0.15, -0.1) is 12.4 Å². The predicted octanol–water partition coefficient (Wildman–Crippen LogP) is 2.34. The monoisotopic (exact) mass is 217 g/mol. The number of ether oxygens (including phenoxy) is 1. The zero-order valence-electron chi connectivity index (χ0n) is 7.92. The van der Waals surface area contributed by atoms with Gasteiger partial charge in [-0.05, 0) is 18.6 Å². The second-order valence-corrected chi connectivity index (χ2v) is 3.35. The maximum atomic E-state index is 13.2. The van der Waals surface area contributed by atoms with Crippen LogP contribution in [0.1, 0.15) is 23.6 Å². The van der Waals surface area contributed by atoms with Crippen LogP contribution in [0.15, 0.2) is 12.1 Å². The first-order valence-electron chi connectivity index (χ1n) is 4.37. The molecule has 1 aromatic rings. The zero-order chi connectivity index (χ0) is 9.42. The molecule has 0 radical (unpaired) electrons. The van der Waals surface area contributed by atoms with Gasteiger partial charge >= 0.3 is 0 Å². The SMILES string of the molecule is Cc1ccc(F)c2c1[C@@H](N)CCO2.Cl. The summed E-state index contributed by atoms with van der Waals surface area (Å²) in [6, 6.07) is 3.08. The lowest BCUT2D eigenvalue weighted by molar-refractivity contribution is 0.255. The molecule has 78 valence electrons. The second kappa shape index (κ2) is 4.15. The highest BCUT2D eigenvalue weighted by Gasteiger charge is 2.22. The quantitative estimate of drug-likeness (QED) is 0.724. The average molecular weight is 218 g/mol. The van der Waals surface area contributed by atoms with Crippen LogP contribution in [0.2, 0.25) is 0 Å². The van der Waals surface area contributed by atoms with Gasteiger partial charge in [0.1, 0.15) is 0 Å². The van der Waals surface area contributed by atoms with Crippen LogP contribution in [0.4, 0.5) is 4.39 Å². The first kappa shape index (κ1) is 11.3. The topological polar surface area (TPSA) is 35.2 Å². The molecule has 0 aromatic heterocycles. The summed E-state index contributed by atoms with van der Waals surface area (Å²) in [6.45, 7) is 2.43. The molecule has 1 aliphatic rings. The highest BCUT2D eigenvalue weighted by atomic mass is 35.5. The van der Waals surface area contributed by atoms with Crippen molar-refractivity contribution in [3.05, 3.63) is 29.1 Å². The number of rotatable bonds is 0. The van der Waals surface area contributed by atoms with Crippen molar-refractivity contribution in [1.29, 1.82) is 0 Å². The van der Waals surface area contributed by atoms with E-state index >= 15 is 0 Å². The molecule has 2 N–H and O–H groups in total. The summed E-state index contributed by atoms with van der Waals surface area (Å²) in [4.78, 5) is 0. The third kappa shape index (κ3) is 1.70. The molecular formula is C10H13ClFNO. The van der Waals surface area contributed by atoms with Crippen molar-refractivity contribution < 1.29 is 9.13 Å². The molecule has 1 aromatic carbocycles. The Morgan fingerprint density at radius 3 is 2.86 bits per heavy atom. The van der Waals surface area contributed by atoms with Gasteiger partial charge in [0.2, 0.25) is 0 Å². The molecule has 0 bridgehead atoms. The fourth-order valence-corrected chi connectivity index (χ4v) is 1.71. The van der Waals surface area contributed by atoms with Crippen molar-refractivity contribution in [1.82, 2.24) is 0 Å². The minimum Gasteiger partial charge on any atom is -0.490 e. The Kier molecular flexibility index (Phi) is 3.34. The van der Waals surface area contributed by atoms with Crippen molar-refractivity contribution in [2.45, 2.75) is 19.4 Å². The van der Waals surface area contributed by atoms with E-state index in [1.165, 1.54) is 6.07 Å². The summed E-state index contributed by atoms with van der Waals surface area (Å²) in [6.07, 6.45) is 0.761. The highest BCUT2D eigenvalue weighted by molar-refractivity contribution is 5.85. The number of hydrogen-bond donors (Lipinski definition) is 1. The molecule has 1 heterocycles. The van der Waals surface area contributed by atoms with Gasteiger partial charge in [-0.1, -0.05) is 6.07 Å². The number of fused-ring (bicyclic) bond motifs is 1. The molecule has 0 saturated carbocycles. The molecule has 1 atom stereocenters. The summed E-state index contributed by atoms with van der Waals surface area (Å²) in [5.41, 5.74) is 7.70. The van der Waals surface area contributed by atoms with E-state index in [1.807, 2.05) is 6.92 Å². The smallest absolute Gasteiger partial charge is 0.165 e. The summed E-state index contributed by atoms with van der Waals surface area (Å²) in [5.74, 6) is 0.0366. The van der Waals surface area contributed by atoms with Crippen molar-refractivity contribution in [3.63, 3.8) is 0 Å². The third-order valence-electron chi connectivity index (χ3n) is 2.41. The Bertz CT molecular complexity index is 343. The fraction of sp³-hybridized carbons (Fsp3) is 0.400. The lowest BCUT2D eigenvalue weighted by Crippen LogP contribution is -2.22. The maximum absolute atomic E-state index is 13.2. The van der Waals surface area contributed by atoms with E-state index in [0.29, 0.717) is 12.4 Å². The van der Waals surface area contributed by atoms with E-state index in [2.05, 4.69) is 0 Å². The number of benzene rings is 1. The van der Waals surface area contributed by atoms with Crippen LogP contribution < -0.4 is 10.5 Å². The highest BCUT2D eigenvalue weighted by Crippen LogP contribution is 2.35. The van der Waals surface area contributed by atoms with Crippen LogP contribution in [0.5, 0.6) is 5.75 Å². The van der Waals surface area contributed by atoms with E-state index in [1.54, 1.807) is 6.07 Å². The number of halogens is 2. The second-order valence-electron chi connectivity index (χ2n) is 3.35. The van der Waals surface area contributed by atoms with Gasteiger partial charge in [0.05, 0.1) is 6.61 Å². The van der Waals surface area contributed by atoms with Crippen molar-refractivity contribution in [2.75, 3.05) is 6.61 Å². The summed E-state index contributed by atoms with van der Waals surface area (Å²) in [7, 11) is 0. The van der Waals surface area contributed by atoms with Gasteiger partial charge in [0, 0.05) is 18.0 Å². The zero-order valence-corrected chi connectivity index (χ0v) is 8.73. The molecule has 0 fully saturated rings. The summed E-state index contributed by atoms with van der Waals surface area (Å²) >= 11 is 0. The molecule has 0 saturated heterocycles. The molecule has 0 spiro atoms. The van der Waals surface area contributed by atoms with Gasteiger partial charge < -0.3 is 10.5 Å². The van der Waals surface area contributed by atoms with Crippen LogP contribution in [-0.4, -0.2) is 6.61 Å². The predicted molar refractivity (Wildman–Crippen MR) is 55.4 cm³/mol. The van der Waals surface area contributed by atoms with Crippen LogP contribution in [-0.2, 0) is 0 Å². The van der Waals surface area contributed by atoms with Crippen LogP contribution in [0.3, 0.4) is 0 Å². The minimum atomic E-state index is -0.309. The van der Waals surface area contributed by atoms with Crippen molar-refractivity contribution >= 4 is 12.4 Å². The summed E-state index contributed by atoms with van der Waals surface area (Å²) < 4.78 is 18.5. The molecule has 2 nitrogen and oxygen atoms in total. The van der Waals surface area contributed by atoms with Crippen LogP contribution in [0.25, 0.3) is 0 Å². The van der Waals surface area contributed by atoms with E-state index in [-0.39, 0.29) is 24.3 Å². The van der Waals surface area contributed by atoms with Gasteiger partial charge in [0.15, 0.2) is 11.6 Å². The summed E-state index contributed by atoms with van der Waals surface area (Å²) in [5, 5.41) is 0. The van der Waals surface area contributed by atoms with Gasteiger partial charge in [0.25, 0.3) is 0 Å². The minimum absolute atomic E-state index is 0. The van der Waals surface area contributed by atoms with Crippen LogP contribution in [0, 0.1) is 12.7 Å². The lowest BCUT2D eigenvalue weighted by Gasteiger charge is -2.24. The Morgan fingerprint density at radius 1 is 1.50 bits per heavy atom. The van der Waals surface area contributed by atoms with E-state index in [4.69, 9.17) is 10.5 Å². The number of nitrogens with two attached hydrogens (primary N) is 1. The van der Waals surface area contributed by atoms with Gasteiger partial charge in [-0.25, -0.2) is 4.39 Å². The molecule has 1 aliphatic heterocycles. The van der Waals surface area contributed by atoms with E-state index in [0.717, 1.165) is 17.5 Å². The largest absolute Gasteiger partial charge is 0.490 e. The maximum Gasteiger partial charge on any atom is 0.165 e. The molecule has 2 rings (SSSR count). The first-order chi connectivity index (χ1) is 6.20. The standard InChI is InChI=1S/C10H12FNO.ClH/c1-6-2-3-7(11)10-9(6)8(12)4-5-13-10;/h2-3,8H,4-5,12H2,1H3;1H/t8-;/m0./s1. The average Bonchev–Trinajstić information content (AvgIpc) is 2.12. The molecule has 0 amide bonds. The van der Waals surface area contributed by atoms with Crippen LogP contribution >= 0.6 is 12.4 Å². The number of hydrogen-bond acceptors (Lipinski definition) is 2. The fourth-order valence-electron chi connectivity index (χ4n) is 1.71. The lowest BCUT2D eigenvalue weighted by atomic mass is 9.96. The Morgan fingerprint density at radius 2 is 2.21 bits per heavy atom. The van der Waals surface area contributed by atoms with E-state index < -0.39 is 0 Å². The van der Waals surface area contributed by atoms with Gasteiger partial charge in [-0.2, -0.15) is 0 Å². The van der Waals surface area contributed by atoms with Gasteiger partial charge in [-0.3, -0.25) is 0 Å². The molecular weight excluding hydrogens is 205 g/mol. The Labute approximate surface area is 88.7 Å². The van der Waals surface area contributed by atoms with Crippen molar-refractivity contribution in [2.24, 2.45) is 5.73 Å². The molecule has 14 heavy (non-hydrogen) atoms. The third-order valence-corrected chi connectivity index (χ3v) is 2.41. The van der Waals surface area contributed by atoms with Crippen molar-refractivity contribution in [3.8, 4) is 5.75 Å². The Balaban J connectivity index is 0.000000980. The molecule has 4 heteroatoms. The molecule has 0 unspecified atom stereocenters. The van der Waals surface area contributed by atoms with E-state index in [9.17, 15) is 4.39 Å². The normalized spacial score (nSPS) is 19.2. The Hall–Kier alpha value is -0.800.